The van der Waals surface area contributed by atoms with Crippen molar-refractivity contribution in [2.75, 3.05) is 13.2 Å². The third kappa shape index (κ3) is 2.22. The maximum Gasteiger partial charge on any atom is 0.114 e. The molecule has 0 fully saturated rings. The second kappa shape index (κ2) is 3.95. The van der Waals surface area contributed by atoms with Gasteiger partial charge in [0, 0.05) is 0 Å². The Morgan fingerprint density at radius 3 is 3.36 bits per heavy atom. The van der Waals surface area contributed by atoms with E-state index in [2.05, 4.69) is 15.5 Å². The summed E-state index contributed by atoms with van der Waals surface area (Å²) >= 11 is 0. The minimum absolute atomic E-state index is 0.249. The van der Waals surface area contributed by atoms with Crippen molar-refractivity contribution in [3.8, 4) is 0 Å². The summed E-state index contributed by atoms with van der Waals surface area (Å²) in [5, 5.41) is 6.96. The molecule has 1 heterocycles. The van der Waals surface area contributed by atoms with E-state index in [1.807, 2.05) is 13.8 Å². The van der Waals surface area contributed by atoms with Crippen LogP contribution in [0.2, 0.25) is 0 Å². The van der Waals surface area contributed by atoms with E-state index in [-0.39, 0.29) is 6.04 Å². The lowest BCUT2D eigenvalue weighted by Gasteiger charge is -2.16. The maximum atomic E-state index is 4.92. The summed E-state index contributed by atoms with van der Waals surface area (Å²) in [6, 6.07) is 0.249. The van der Waals surface area contributed by atoms with Gasteiger partial charge in [0.2, 0.25) is 0 Å². The number of oxime groups is 1. The molecule has 62 valence electrons. The highest BCUT2D eigenvalue weighted by Crippen LogP contribution is 1.94. The minimum Gasteiger partial charge on any atom is -0.396 e. The van der Waals surface area contributed by atoms with Crippen LogP contribution in [0.1, 0.15) is 13.8 Å². The lowest BCUT2D eigenvalue weighted by Crippen LogP contribution is -2.38. The molecule has 0 radical (unpaired) electrons. The molecule has 1 unspecified atom stereocenters. The number of nitrogens with zero attached hydrogens (tertiary/aromatic N) is 2. The van der Waals surface area contributed by atoms with Gasteiger partial charge in [0.25, 0.3) is 0 Å². The Hall–Kier alpha value is -1.06. The molecule has 0 saturated carbocycles. The van der Waals surface area contributed by atoms with Crippen molar-refractivity contribution >= 4 is 12.1 Å². The molecule has 4 nitrogen and oxygen atoms in total. The minimum atomic E-state index is 0.249. The van der Waals surface area contributed by atoms with Crippen LogP contribution in [0.25, 0.3) is 0 Å². The summed E-state index contributed by atoms with van der Waals surface area (Å²) < 4.78 is 0. The van der Waals surface area contributed by atoms with Crippen LogP contribution < -0.4 is 5.32 Å². The fourth-order valence-electron chi connectivity index (χ4n) is 0.792. The van der Waals surface area contributed by atoms with Crippen LogP contribution >= 0.6 is 0 Å². The molecule has 1 aliphatic rings. The van der Waals surface area contributed by atoms with Crippen molar-refractivity contribution in [1.82, 2.24) is 5.32 Å². The van der Waals surface area contributed by atoms with Crippen LogP contribution in [-0.2, 0) is 4.84 Å². The normalized spacial score (nSPS) is 26.7. The highest BCUT2D eigenvalue weighted by atomic mass is 16.6. The number of nitrogens with one attached hydrogen (secondary N) is 1. The monoisotopic (exact) mass is 155 g/mol. The van der Waals surface area contributed by atoms with Gasteiger partial charge < -0.3 is 10.2 Å². The van der Waals surface area contributed by atoms with E-state index in [0.717, 1.165) is 5.71 Å². The molecule has 1 aliphatic heterocycles. The SMILES string of the molecule is CCO/N=C1\CN=CNC1C. The third-order valence-corrected chi connectivity index (χ3v) is 1.48. The van der Waals surface area contributed by atoms with Crippen LogP contribution in [-0.4, -0.2) is 31.2 Å². The van der Waals surface area contributed by atoms with Gasteiger partial charge in [0.05, 0.1) is 18.9 Å². The van der Waals surface area contributed by atoms with Crippen molar-refractivity contribution in [2.45, 2.75) is 19.9 Å². The van der Waals surface area contributed by atoms with Crippen molar-refractivity contribution in [2.24, 2.45) is 10.1 Å². The molecule has 0 amide bonds. The first kappa shape index (κ1) is 8.04. The van der Waals surface area contributed by atoms with Crippen LogP contribution in [0.4, 0.5) is 0 Å². The summed E-state index contributed by atoms with van der Waals surface area (Å²) in [5.41, 5.74) is 0.953. The van der Waals surface area contributed by atoms with Crippen molar-refractivity contribution in [3.63, 3.8) is 0 Å². The Kier molecular flexibility index (Phi) is 2.89. The summed E-state index contributed by atoms with van der Waals surface area (Å²) in [5.74, 6) is 0. The second-order valence-corrected chi connectivity index (χ2v) is 2.36. The largest absolute Gasteiger partial charge is 0.396 e. The number of hydrogen-bond acceptors (Lipinski definition) is 4. The van der Waals surface area contributed by atoms with Gasteiger partial charge in [0.1, 0.15) is 12.3 Å². The van der Waals surface area contributed by atoms with Crippen molar-refractivity contribution in [1.29, 1.82) is 0 Å². The first-order valence-electron chi connectivity index (χ1n) is 3.77. The summed E-state index contributed by atoms with van der Waals surface area (Å²) in [7, 11) is 0. The van der Waals surface area contributed by atoms with Crippen LogP contribution in [0.3, 0.4) is 0 Å². The smallest absolute Gasteiger partial charge is 0.114 e. The predicted octanol–water partition coefficient (Wildman–Crippen LogP) is 0.399. The average molecular weight is 155 g/mol. The van der Waals surface area contributed by atoms with E-state index in [4.69, 9.17) is 4.84 Å². The Morgan fingerprint density at radius 2 is 2.73 bits per heavy atom. The molecular weight excluding hydrogens is 142 g/mol. The van der Waals surface area contributed by atoms with E-state index in [1.54, 1.807) is 6.34 Å². The second-order valence-electron chi connectivity index (χ2n) is 2.36. The van der Waals surface area contributed by atoms with E-state index in [1.165, 1.54) is 0 Å². The summed E-state index contributed by atoms with van der Waals surface area (Å²) in [6.45, 7) is 5.20. The number of hydrogen-bond donors (Lipinski definition) is 1. The molecule has 0 aromatic rings. The molecular formula is C7H13N3O. The predicted molar refractivity (Wildman–Crippen MR) is 45.0 cm³/mol. The Morgan fingerprint density at radius 1 is 1.91 bits per heavy atom. The van der Waals surface area contributed by atoms with Gasteiger partial charge in [-0.05, 0) is 13.8 Å². The molecule has 0 bridgehead atoms. The van der Waals surface area contributed by atoms with E-state index in [9.17, 15) is 0 Å². The maximum absolute atomic E-state index is 4.92. The standard InChI is InChI=1S/C7H13N3O/c1-3-11-10-7-4-8-5-9-6(7)2/h5-6H,3-4H2,1-2H3,(H,8,9)/b10-7+. The van der Waals surface area contributed by atoms with Gasteiger partial charge in [0.15, 0.2) is 0 Å². The average Bonchev–Trinajstić information content (AvgIpc) is 2.03. The molecule has 0 spiro atoms. The van der Waals surface area contributed by atoms with E-state index >= 15 is 0 Å². The Balaban J connectivity index is 2.49. The van der Waals surface area contributed by atoms with E-state index in [0.29, 0.717) is 13.2 Å². The molecule has 1 N–H and O–H groups in total. The van der Waals surface area contributed by atoms with Gasteiger partial charge in [-0.1, -0.05) is 5.16 Å². The number of aliphatic imine (C=N–C) groups is 1. The van der Waals surface area contributed by atoms with E-state index < -0.39 is 0 Å². The van der Waals surface area contributed by atoms with Gasteiger partial charge >= 0.3 is 0 Å². The molecule has 4 heteroatoms. The van der Waals surface area contributed by atoms with Crippen LogP contribution in [0, 0.1) is 0 Å². The molecule has 1 atom stereocenters. The quantitative estimate of drug-likeness (QED) is 0.587. The summed E-state index contributed by atoms with van der Waals surface area (Å²) in [6.07, 6.45) is 1.70. The molecule has 0 aromatic heterocycles. The van der Waals surface area contributed by atoms with Crippen LogP contribution in [0.15, 0.2) is 10.1 Å². The first-order chi connectivity index (χ1) is 5.34. The molecule has 0 aromatic carbocycles. The zero-order valence-corrected chi connectivity index (χ0v) is 6.87. The zero-order valence-electron chi connectivity index (χ0n) is 6.87. The van der Waals surface area contributed by atoms with Crippen molar-refractivity contribution < 1.29 is 4.84 Å². The lowest BCUT2D eigenvalue weighted by molar-refractivity contribution is 0.157. The van der Waals surface area contributed by atoms with Crippen LogP contribution in [0.5, 0.6) is 0 Å². The zero-order chi connectivity index (χ0) is 8.10. The fraction of sp³-hybridized carbons (Fsp3) is 0.714. The first-order valence-corrected chi connectivity index (χ1v) is 3.77. The Bertz CT molecular complexity index is 177. The highest BCUT2D eigenvalue weighted by Gasteiger charge is 2.11. The molecule has 0 aliphatic carbocycles. The van der Waals surface area contributed by atoms with Gasteiger partial charge in [-0.3, -0.25) is 4.99 Å². The molecule has 0 saturated heterocycles. The molecule has 1 rings (SSSR count). The number of rotatable bonds is 2. The fourth-order valence-corrected chi connectivity index (χ4v) is 0.792. The van der Waals surface area contributed by atoms with Crippen molar-refractivity contribution in [3.05, 3.63) is 0 Å². The van der Waals surface area contributed by atoms with Gasteiger partial charge in [-0.15, -0.1) is 0 Å². The molecule has 11 heavy (non-hydrogen) atoms. The summed E-state index contributed by atoms with van der Waals surface area (Å²) in [4.78, 5) is 8.93. The highest BCUT2D eigenvalue weighted by molar-refractivity contribution is 5.94. The lowest BCUT2D eigenvalue weighted by atomic mass is 10.2. The topological polar surface area (TPSA) is 46.0 Å². The third-order valence-electron chi connectivity index (χ3n) is 1.48. The van der Waals surface area contributed by atoms with Gasteiger partial charge in [-0.2, -0.15) is 0 Å². The Labute approximate surface area is 66.3 Å². The van der Waals surface area contributed by atoms with Gasteiger partial charge in [-0.25, -0.2) is 0 Å².